The van der Waals surface area contributed by atoms with E-state index in [1.54, 1.807) is 6.92 Å². The van der Waals surface area contributed by atoms with Gasteiger partial charge < -0.3 is 52.8 Å². The van der Waals surface area contributed by atoms with E-state index in [0.717, 1.165) is 0 Å². The van der Waals surface area contributed by atoms with Gasteiger partial charge in [-0.1, -0.05) is 0 Å². The Bertz CT molecular complexity index is 335. The molecule has 0 aromatic rings. The highest BCUT2D eigenvalue weighted by atomic mass is 16.7. The first-order valence-corrected chi connectivity index (χ1v) is 7.19. The lowest BCUT2D eigenvalue weighted by Gasteiger charge is -2.42. The molecule has 1 fully saturated rings. The van der Waals surface area contributed by atoms with Gasteiger partial charge >= 0.3 is 0 Å². The molecule has 0 aromatic heterocycles. The lowest BCUT2D eigenvalue weighted by molar-refractivity contribution is -0.270. The van der Waals surface area contributed by atoms with Crippen molar-refractivity contribution < 1.29 is 29.9 Å². The Labute approximate surface area is 129 Å². The monoisotopic (exact) mass is 324 g/mol. The van der Waals surface area contributed by atoms with Crippen molar-refractivity contribution in [1.29, 1.82) is 0 Å². The van der Waals surface area contributed by atoms with E-state index in [2.05, 4.69) is 0 Å². The summed E-state index contributed by atoms with van der Waals surface area (Å²) in [5.41, 5.74) is 22.7. The average molecular weight is 324 g/mol. The largest absolute Gasteiger partial charge is 0.388 e. The molecule has 1 saturated heterocycles. The molecule has 22 heavy (non-hydrogen) atoms. The Kier molecular flexibility index (Phi) is 7.55. The lowest BCUT2D eigenvalue weighted by Crippen LogP contribution is -2.64. The number of ether oxygens (including phenoxy) is 2. The van der Waals surface area contributed by atoms with Crippen LogP contribution in [0.5, 0.6) is 0 Å². The number of hydrogen-bond acceptors (Lipinski definition) is 10. The molecule has 10 heteroatoms. The summed E-state index contributed by atoms with van der Waals surface area (Å²) >= 11 is 0. The van der Waals surface area contributed by atoms with E-state index in [1.807, 2.05) is 0 Å². The second-order valence-electron chi connectivity index (χ2n) is 5.66. The summed E-state index contributed by atoms with van der Waals surface area (Å²) in [4.78, 5) is 0. The van der Waals surface area contributed by atoms with Crippen molar-refractivity contribution in [3.05, 3.63) is 0 Å². The minimum absolute atomic E-state index is 0.00712. The highest BCUT2D eigenvalue weighted by Crippen LogP contribution is 2.22. The van der Waals surface area contributed by atoms with E-state index < -0.39 is 55.1 Å². The zero-order valence-electron chi connectivity index (χ0n) is 12.5. The van der Waals surface area contributed by atoms with E-state index in [0.29, 0.717) is 0 Å². The molecule has 1 aliphatic heterocycles. The molecule has 1 aliphatic rings. The Morgan fingerprint density at radius 1 is 1.14 bits per heavy atom. The third kappa shape index (κ3) is 4.80. The van der Waals surface area contributed by atoms with E-state index in [4.69, 9.17) is 42.6 Å². The van der Waals surface area contributed by atoms with Gasteiger partial charge in [0.05, 0.1) is 18.2 Å². The number of rotatable bonds is 7. The first-order valence-electron chi connectivity index (χ1n) is 7.19. The molecule has 1 heterocycles. The topological polar surface area (TPSA) is 203 Å². The molecule has 0 aromatic carbocycles. The highest BCUT2D eigenvalue weighted by molar-refractivity contribution is 4.92. The number of nitrogens with two attached hydrogens (primary N) is 4. The summed E-state index contributed by atoms with van der Waals surface area (Å²) in [6.07, 6.45) is -6.38. The fourth-order valence-corrected chi connectivity index (χ4v) is 2.21. The molecule has 0 amide bonds. The maximum Gasteiger partial charge on any atom is 0.176 e. The van der Waals surface area contributed by atoms with Crippen molar-refractivity contribution >= 4 is 0 Å². The molecule has 0 spiro atoms. The molecule has 8 unspecified atom stereocenters. The van der Waals surface area contributed by atoms with Gasteiger partial charge in [0.15, 0.2) is 12.6 Å². The first kappa shape index (κ1) is 19.6. The average Bonchev–Trinajstić information content (AvgIpc) is 2.47. The Morgan fingerprint density at radius 3 is 2.23 bits per heavy atom. The zero-order valence-corrected chi connectivity index (χ0v) is 12.5. The van der Waals surface area contributed by atoms with Gasteiger partial charge in [-0.05, 0) is 13.3 Å². The van der Waals surface area contributed by atoms with Crippen LogP contribution in [-0.4, -0.2) is 82.1 Å². The van der Waals surface area contributed by atoms with Gasteiger partial charge in [0.25, 0.3) is 0 Å². The Balaban J connectivity index is 2.60. The predicted octanol–water partition coefficient (Wildman–Crippen LogP) is -4.52. The van der Waals surface area contributed by atoms with Gasteiger partial charge in [0, 0.05) is 12.6 Å². The molecular formula is C12H28N4O6. The summed E-state index contributed by atoms with van der Waals surface area (Å²) in [6.45, 7) is 1.64. The van der Waals surface area contributed by atoms with Gasteiger partial charge in [-0.25, -0.2) is 0 Å². The van der Waals surface area contributed by atoms with Crippen LogP contribution >= 0.6 is 0 Å². The minimum Gasteiger partial charge on any atom is -0.388 e. The molecule has 132 valence electrons. The molecule has 12 N–H and O–H groups in total. The van der Waals surface area contributed by atoms with Gasteiger partial charge in [0.1, 0.15) is 18.3 Å². The van der Waals surface area contributed by atoms with Crippen LogP contribution in [0, 0.1) is 0 Å². The quantitative estimate of drug-likeness (QED) is 0.211. The molecule has 0 radical (unpaired) electrons. The van der Waals surface area contributed by atoms with Gasteiger partial charge in [-0.2, -0.15) is 0 Å². The molecule has 0 bridgehead atoms. The van der Waals surface area contributed by atoms with E-state index in [9.17, 15) is 10.2 Å². The maximum atomic E-state index is 9.88. The second-order valence-corrected chi connectivity index (χ2v) is 5.66. The first-order chi connectivity index (χ1) is 10.2. The maximum absolute atomic E-state index is 9.88. The van der Waals surface area contributed by atoms with Crippen LogP contribution in [0.1, 0.15) is 13.3 Å². The van der Waals surface area contributed by atoms with Crippen molar-refractivity contribution in [1.82, 2.24) is 0 Å². The van der Waals surface area contributed by atoms with E-state index >= 15 is 0 Å². The van der Waals surface area contributed by atoms with Crippen LogP contribution < -0.4 is 22.9 Å². The third-order valence-electron chi connectivity index (χ3n) is 3.86. The summed E-state index contributed by atoms with van der Waals surface area (Å²) in [5, 5.41) is 37.6. The van der Waals surface area contributed by atoms with Gasteiger partial charge in [-0.15, -0.1) is 0 Å². The van der Waals surface area contributed by atoms with Gasteiger partial charge in [-0.3, -0.25) is 0 Å². The van der Waals surface area contributed by atoms with Crippen LogP contribution in [0.4, 0.5) is 0 Å². The molecule has 10 nitrogen and oxygen atoms in total. The summed E-state index contributed by atoms with van der Waals surface area (Å²) < 4.78 is 11.0. The fraction of sp³-hybridized carbons (Fsp3) is 1.00. The number of hydrogen-bond donors (Lipinski definition) is 8. The molecular weight excluding hydrogens is 296 g/mol. The SMILES string of the molecule is CC(OC1OC(CN)C(O)C(O)C1N)C(N)CC(N)C(O)O. The van der Waals surface area contributed by atoms with Crippen molar-refractivity contribution in [2.45, 2.75) is 68.5 Å². The normalized spacial score (nSPS) is 37.1. The van der Waals surface area contributed by atoms with Gasteiger partial charge in [0.2, 0.25) is 0 Å². The molecule has 8 atom stereocenters. The highest BCUT2D eigenvalue weighted by Gasteiger charge is 2.43. The summed E-state index contributed by atoms with van der Waals surface area (Å²) in [5.74, 6) is 0. The molecule has 1 rings (SSSR count). The summed E-state index contributed by atoms with van der Waals surface area (Å²) in [7, 11) is 0. The zero-order chi connectivity index (χ0) is 17.0. The van der Waals surface area contributed by atoms with Crippen LogP contribution in [0.25, 0.3) is 0 Å². The lowest BCUT2D eigenvalue weighted by atomic mass is 9.97. The Hall–Kier alpha value is -0.400. The standard InChI is InChI=1S/C12H28N4O6/c1-4(5(14)2-6(15)11(19)20)21-12-8(16)10(18)9(17)7(3-13)22-12/h4-12,17-20H,2-3,13-16H2,1H3. The van der Waals surface area contributed by atoms with Crippen LogP contribution in [0.15, 0.2) is 0 Å². The predicted molar refractivity (Wildman–Crippen MR) is 77.0 cm³/mol. The number of aliphatic hydroxyl groups excluding tert-OH is 3. The van der Waals surface area contributed by atoms with Crippen molar-refractivity contribution in [3.63, 3.8) is 0 Å². The fourth-order valence-electron chi connectivity index (χ4n) is 2.21. The second kappa shape index (κ2) is 8.45. The minimum atomic E-state index is -1.68. The molecule has 0 aliphatic carbocycles. The van der Waals surface area contributed by atoms with E-state index in [-0.39, 0.29) is 13.0 Å². The smallest absolute Gasteiger partial charge is 0.176 e. The van der Waals surface area contributed by atoms with Crippen LogP contribution in [-0.2, 0) is 9.47 Å². The number of aliphatic hydroxyl groups is 4. The summed E-state index contributed by atoms with van der Waals surface area (Å²) in [6, 6.07) is -2.48. The third-order valence-corrected chi connectivity index (χ3v) is 3.86. The molecule has 0 saturated carbocycles. The van der Waals surface area contributed by atoms with Crippen molar-refractivity contribution in [2.24, 2.45) is 22.9 Å². The van der Waals surface area contributed by atoms with Crippen LogP contribution in [0.3, 0.4) is 0 Å². The Morgan fingerprint density at radius 2 is 1.73 bits per heavy atom. The van der Waals surface area contributed by atoms with Crippen molar-refractivity contribution in [3.8, 4) is 0 Å². The van der Waals surface area contributed by atoms with Crippen LogP contribution in [0.2, 0.25) is 0 Å². The van der Waals surface area contributed by atoms with E-state index in [1.165, 1.54) is 0 Å². The van der Waals surface area contributed by atoms with Crippen molar-refractivity contribution in [2.75, 3.05) is 6.54 Å².